The van der Waals surface area contributed by atoms with E-state index >= 15 is 0 Å². The van der Waals surface area contributed by atoms with Crippen LogP contribution in [-0.4, -0.2) is 44.6 Å². The molecule has 0 radical (unpaired) electrons. The number of nitrogens with one attached hydrogen (secondary N) is 1. The quantitative estimate of drug-likeness (QED) is 0.898. The van der Waals surface area contributed by atoms with Gasteiger partial charge in [0.15, 0.2) is 0 Å². The lowest BCUT2D eigenvalue weighted by atomic mass is 9.93. The molecule has 1 saturated heterocycles. The van der Waals surface area contributed by atoms with Gasteiger partial charge in [-0.3, -0.25) is 4.79 Å². The van der Waals surface area contributed by atoms with E-state index in [1.54, 1.807) is 18.4 Å². The average molecular weight is 346 g/mol. The summed E-state index contributed by atoms with van der Waals surface area (Å²) in [6, 6.07) is 6.04. The molecule has 0 unspecified atom stereocenters. The Labute approximate surface area is 147 Å². The number of benzene rings is 1. The Kier molecular flexibility index (Phi) is 5.41. The van der Waals surface area contributed by atoms with Crippen LogP contribution in [0, 0.1) is 12.8 Å². The van der Waals surface area contributed by atoms with Crippen LogP contribution < -0.4 is 10.1 Å². The molecule has 1 aliphatic heterocycles. The number of fused-ring (bicyclic) bond motifs is 1. The number of piperidine rings is 1. The number of methoxy groups -OCH3 is 1. The number of carbonyl (C=O) groups is 1. The van der Waals surface area contributed by atoms with Crippen LogP contribution in [0.2, 0.25) is 0 Å². The SMILES string of the molecule is CNCCC1CCN(C(=O)c2sc3ccc(OC)cc3c2C)CC1. The summed E-state index contributed by atoms with van der Waals surface area (Å²) in [5.74, 6) is 1.78. The summed E-state index contributed by atoms with van der Waals surface area (Å²) >= 11 is 1.60. The fourth-order valence-corrected chi connectivity index (χ4v) is 4.61. The standard InChI is InChI=1S/C19H26N2O2S/c1-13-16-12-15(23-3)4-5-17(16)24-18(13)19(22)21-10-7-14(8-11-21)6-9-20-2/h4-5,12,14,20H,6-11H2,1-3H3. The van der Waals surface area contributed by atoms with E-state index in [1.807, 2.05) is 37.1 Å². The van der Waals surface area contributed by atoms with E-state index in [0.29, 0.717) is 0 Å². The van der Waals surface area contributed by atoms with Gasteiger partial charge in [-0.15, -0.1) is 11.3 Å². The lowest BCUT2D eigenvalue weighted by Crippen LogP contribution is -2.38. The van der Waals surface area contributed by atoms with E-state index in [2.05, 4.69) is 5.32 Å². The largest absolute Gasteiger partial charge is 0.497 e. The molecule has 0 aliphatic carbocycles. The number of amides is 1. The van der Waals surface area contributed by atoms with Crippen molar-refractivity contribution < 1.29 is 9.53 Å². The van der Waals surface area contributed by atoms with Gasteiger partial charge in [0.05, 0.1) is 12.0 Å². The number of aryl methyl sites for hydroxylation is 1. The Bertz CT molecular complexity index is 717. The first kappa shape index (κ1) is 17.2. The molecule has 24 heavy (non-hydrogen) atoms. The molecule has 4 nitrogen and oxygen atoms in total. The van der Waals surface area contributed by atoms with Crippen molar-refractivity contribution in [3.8, 4) is 5.75 Å². The second-order valence-electron chi connectivity index (χ2n) is 6.55. The monoisotopic (exact) mass is 346 g/mol. The minimum atomic E-state index is 0.194. The van der Waals surface area contributed by atoms with Crippen molar-refractivity contribution in [2.24, 2.45) is 5.92 Å². The van der Waals surface area contributed by atoms with E-state index in [0.717, 1.165) is 64.7 Å². The normalized spacial score (nSPS) is 15.9. The predicted molar refractivity (Wildman–Crippen MR) is 100 cm³/mol. The molecular weight excluding hydrogens is 320 g/mol. The van der Waals surface area contributed by atoms with Gasteiger partial charge < -0.3 is 15.0 Å². The van der Waals surface area contributed by atoms with Crippen molar-refractivity contribution in [2.45, 2.75) is 26.2 Å². The van der Waals surface area contributed by atoms with Gasteiger partial charge >= 0.3 is 0 Å². The molecular formula is C19H26N2O2S. The summed E-state index contributed by atoms with van der Waals surface area (Å²) < 4.78 is 6.46. The van der Waals surface area contributed by atoms with Gasteiger partial charge in [0.25, 0.3) is 5.91 Å². The van der Waals surface area contributed by atoms with Gasteiger partial charge in [0.2, 0.25) is 0 Å². The van der Waals surface area contributed by atoms with Crippen molar-refractivity contribution >= 4 is 27.3 Å². The maximum atomic E-state index is 13.0. The first-order valence-electron chi connectivity index (χ1n) is 8.65. The predicted octanol–water partition coefficient (Wildman–Crippen LogP) is 3.68. The third-order valence-electron chi connectivity index (χ3n) is 5.04. The molecule has 2 heterocycles. The Morgan fingerprint density at radius 3 is 2.79 bits per heavy atom. The summed E-state index contributed by atoms with van der Waals surface area (Å²) in [5.41, 5.74) is 1.08. The second kappa shape index (κ2) is 7.53. The van der Waals surface area contributed by atoms with Crippen LogP contribution in [0.3, 0.4) is 0 Å². The zero-order valence-corrected chi connectivity index (χ0v) is 15.5. The highest BCUT2D eigenvalue weighted by Crippen LogP contribution is 2.34. The van der Waals surface area contributed by atoms with Crippen LogP contribution in [-0.2, 0) is 0 Å². The van der Waals surface area contributed by atoms with Crippen LogP contribution >= 0.6 is 11.3 Å². The number of likely N-dealkylation sites (tertiary alicyclic amines) is 1. The molecule has 5 heteroatoms. The fourth-order valence-electron chi connectivity index (χ4n) is 3.45. The molecule has 3 rings (SSSR count). The fraction of sp³-hybridized carbons (Fsp3) is 0.526. The molecule has 1 aliphatic rings. The van der Waals surface area contributed by atoms with Gasteiger partial charge in [0.1, 0.15) is 5.75 Å². The number of hydrogen-bond donors (Lipinski definition) is 1. The Morgan fingerprint density at radius 1 is 1.38 bits per heavy atom. The highest BCUT2D eigenvalue weighted by Gasteiger charge is 2.26. The Morgan fingerprint density at radius 2 is 2.12 bits per heavy atom. The maximum absolute atomic E-state index is 13.0. The molecule has 0 atom stereocenters. The summed E-state index contributed by atoms with van der Waals surface area (Å²) in [6.07, 6.45) is 3.44. The topological polar surface area (TPSA) is 41.6 Å². The first-order chi connectivity index (χ1) is 11.6. The van der Waals surface area contributed by atoms with Crippen molar-refractivity contribution in [3.05, 3.63) is 28.6 Å². The van der Waals surface area contributed by atoms with Gasteiger partial charge in [0, 0.05) is 17.8 Å². The number of ether oxygens (including phenoxy) is 1. The summed E-state index contributed by atoms with van der Waals surface area (Å²) in [7, 11) is 3.67. The number of nitrogens with zero attached hydrogens (tertiary/aromatic N) is 1. The second-order valence-corrected chi connectivity index (χ2v) is 7.60. The van der Waals surface area contributed by atoms with E-state index in [1.165, 1.54) is 6.42 Å². The number of rotatable bonds is 5. The molecule has 0 saturated carbocycles. The molecule has 0 spiro atoms. The minimum absolute atomic E-state index is 0.194. The van der Waals surface area contributed by atoms with Gasteiger partial charge in [-0.25, -0.2) is 0 Å². The van der Waals surface area contributed by atoms with Crippen LogP contribution in [0.5, 0.6) is 5.75 Å². The zero-order valence-electron chi connectivity index (χ0n) is 14.7. The van der Waals surface area contributed by atoms with E-state index in [9.17, 15) is 4.79 Å². The van der Waals surface area contributed by atoms with Crippen LogP contribution in [0.1, 0.15) is 34.5 Å². The number of carbonyl (C=O) groups excluding carboxylic acids is 1. The highest BCUT2D eigenvalue weighted by molar-refractivity contribution is 7.21. The summed E-state index contributed by atoms with van der Waals surface area (Å²) in [6.45, 7) is 4.87. The lowest BCUT2D eigenvalue weighted by Gasteiger charge is -2.32. The molecule has 2 aromatic rings. The summed E-state index contributed by atoms with van der Waals surface area (Å²) in [5, 5.41) is 4.35. The molecule has 1 aromatic carbocycles. The molecule has 130 valence electrons. The number of hydrogen-bond acceptors (Lipinski definition) is 4. The number of thiophene rings is 1. The Hall–Kier alpha value is -1.59. The maximum Gasteiger partial charge on any atom is 0.264 e. The molecule has 1 amide bonds. The molecule has 1 aromatic heterocycles. The average Bonchev–Trinajstić information content (AvgIpc) is 2.96. The zero-order chi connectivity index (χ0) is 17.1. The van der Waals surface area contributed by atoms with Crippen molar-refractivity contribution in [1.82, 2.24) is 10.2 Å². The van der Waals surface area contributed by atoms with Crippen molar-refractivity contribution in [1.29, 1.82) is 0 Å². The molecule has 0 bridgehead atoms. The van der Waals surface area contributed by atoms with E-state index in [-0.39, 0.29) is 5.91 Å². The van der Waals surface area contributed by atoms with Crippen LogP contribution in [0.15, 0.2) is 18.2 Å². The molecule has 1 fully saturated rings. The van der Waals surface area contributed by atoms with Gasteiger partial charge in [-0.05, 0) is 74.8 Å². The Balaban J connectivity index is 1.74. The smallest absolute Gasteiger partial charge is 0.264 e. The summed E-state index contributed by atoms with van der Waals surface area (Å²) in [4.78, 5) is 15.9. The first-order valence-corrected chi connectivity index (χ1v) is 9.46. The third kappa shape index (κ3) is 3.42. The van der Waals surface area contributed by atoms with Crippen LogP contribution in [0.4, 0.5) is 0 Å². The van der Waals surface area contributed by atoms with Crippen molar-refractivity contribution in [3.63, 3.8) is 0 Å². The van der Waals surface area contributed by atoms with Crippen molar-refractivity contribution in [2.75, 3.05) is 33.8 Å². The van der Waals surface area contributed by atoms with Gasteiger partial charge in [-0.1, -0.05) is 0 Å². The van der Waals surface area contributed by atoms with E-state index in [4.69, 9.17) is 4.74 Å². The van der Waals surface area contributed by atoms with Gasteiger partial charge in [-0.2, -0.15) is 0 Å². The molecule has 1 N–H and O–H groups in total. The van der Waals surface area contributed by atoms with E-state index < -0.39 is 0 Å². The minimum Gasteiger partial charge on any atom is -0.497 e. The van der Waals surface area contributed by atoms with Crippen LogP contribution in [0.25, 0.3) is 10.1 Å². The highest BCUT2D eigenvalue weighted by atomic mass is 32.1. The third-order valence-corrected chi connectivity index (χ3v) is 6.30. The lowest BCUT2D eigenvalue weighted by molar-refractivity contribution is 0.0691.